The highest BCUT2D eigenvalue weighted by molar-refractivity contribution is 7.89. The number of alkyl carbamates (subject to hydrolysis) is 1. The summed E-state index contributed by atoms with van der Waals surface area (Å²) >= 11 is 0. The number of benzene rings is 2. The van der Waals surface area contributed by atoms with Gasteiger partial charge in [0.15, 0.2) is 17.6 Å². The standard InChI is InChI=1S/C30H43N3O9S/c1-30(2,12-6-7-13-31)19-33(43(36,37)24-10-11-27-28(15-24)41-21-40-27)16-26(34)25(14-22-8-4-3-5-9-22)32-29(35)42-23-17-38-20-39-18-23/h3-5,8-11,15,23,25-26,34H,6-7,12-14,16-21,31H2,1-2H3,(H,32,35)/t25-,26-/m1/s1. The zero-order chi connectivity index (χ0) is 30.9. The van der Waals surface area contributed by atoms with Gasteiger partial charge in [0.2, 0.25) is 16.8 Å². The number of hydrogen-bond acceptors (Lipinski definition) is 10. The predicted molar refractivity (Wildman–Crippen MR) is 158 cm³/mol. The lowest BCUT2D eigenvalue weighted by atomic mass is 9.87. The lowest BCUT2D eigenvalue weighted by Crippen LogP contribution is -2.52. The number of ether oxygens (including phenoxy) is 5. The zero-order valence-electron chi connectivity index (χ0n) is 24.8. The first-order valence-electron chi connectivity index (χ1n) is 14.5. The molecule has 4 N–H and O–H groups in total. The van der Waals surface area contributed by atoms with E-state index in [4.69, 9.17) is 29.4 Å². The molecule has 2 aromatic rings. The third-order valence-electron chi connectivity index (χ3n) is 7.40. The largest absolute Gasteiger partial charge is 0.454 e. The molecule has 0 spiro atoms. The predicted octanol–water partition coefficient (Wildman–Crippen LogP) is 2.63. The Morgan fingerprint density at radius 2 is 1.81 bits per heavy atom. The van der Waals surface area contributed by atoms with E-state index in [1.165, 1.54) is 16.4 Å². The first-order chi connectivity index (χ1) is 20.6. The summed E-state index contributed by atoms with van der Waals surface area (Å²) < 4.78 is 56.1. The third kappa shape index (κ3) is 9.52. The molecule has 12 nitrogen and oxygen atoms in total. The van der Waals surface area contributed by atoms with E-state index in [2.05, 4.69) is 5.32 Å². The minimum Gasteiger partial charge on any atom is -0.454 e. The Balaban J connectivity index is 1.58. The maximum Gasteiger partial charge on any atom is 0.407 e. The second kappa shape index (κ2) is 15.2. The van der Waals surface area contributed by atoms with Crippen LogP contribution in [0.15, 0.2) is 53.4 Å². The third-order valence-corrected chi connectivity index (χ3v) is 9.21. The molecule has 43 heavy (non-hydrogen) atoms. The molecule has 2 aliphatic heterocycles. The van der Waals surface area contributed by atoms with Crippen LogP contribution < -0.4 is 20.5 Å². The molecular weight excluding hydrogens is 578 g/mol. The summed E-state index contributed by atoms with van der Waals surface area (Å²) in [6, 6.07) is 12.9. The number of aliphatic hydroxyl groups excluding tert-OH is 1. The quantitative estimate of drug-likeness (QED) is 0.252. The second-order valence-electron chi connectivity index (χ2n) is 11.6. The first-order valence-corrected chi connectivity index (χ1v) is 16.0. The van der Waals surface area contributed by atoms with Crippen LogP contribution in [0.3, 0.4) is 0 Å². The van der Waals surface area contributed by atoms with Crippen molar-refractivity contribution in [2.75, 3.05) is 46.4 Å². The van der Waals surface area contributed by atoms with Gasteiger partial charge in [0.1, 0.15) is 6.79 Å². The Bertz CT molecular complexity index is 1290. The lowest BCUT2D eigenvalue weighted by molar-refractivity contribution is -0.151. The topological polar surface area (TPSA) is 159 Å². The fraction of sp³-hybridized carbons (Fsp3) is 0.567. The fourth-order valence-electron chi connectivity index (χ4n) is 5.10. The molecule has 2 atom stereocenters. The van der Waals surface area contributed by atoms with Crippen molar-refractivity contribution in [2.45, 2.75) is 62.7 Å². The normalized spacial score (nSPS) is 17.0. The minimum absolute atomic E-state index is 0.0114. The number of nitrogens with zero attached hydrogens (tertiary/aromatic N) is 1. The van der Waals surface area contributed by atoms with Gasteiger partial charge in [0, 0.05) is 19.2 Å². The van der Waals surface area contributed by atoms with Crippen molar-refractivity contribution < 1.29 is 42.0 Å². The van der Waals surface area contributed by atoms with Gasteiger partial charge < -0.3 is 39.8 Å². The molecule has 0 radical (unpaired) electrons. The number of amides is 1. The second-order valence-corrected chi connectivity index (χ2v) is 13.6. The van der Waals surface area contributed by atoms with Crippen LogP contribution in [0.25, 0.3) is 0 Å². The van der Waals surface area contributed by atoms with Crippen LogP contribution in [0.2, 0.25) is 0 Å². The van der Waals surface area contributed by atoms with E-state index in [0.717, 1.165) is 24.8 Å². The van der Waals surface area contributed by atoms with E-state index < -0.39 is 39.8 Å². The molecule has 2 heterocycles. The van der Waals surface area contributed by atoms with E-state index >= 15 is 0 Å². The average molecular weight is 622 g/mol. The molecule has 4 rings (SSSR count). The Morgan fingerprint density at radius 1 is 1.09 bits per heavy atom. The number of fused-ring (bicyclic) bond motifs is 1. The number of hydrogen-bond donors (Lipinski definition) is 3. The number of sulfonamides is 1. The molecule has 0 saturated carbocycles. The van der Waals surface area contributed by atoms with E-state index in [0.29, 0.717) is 18.0 Å². The van der Waals surface area contributed by atoms with Gasteiger partial charge in [0.05, 0.1) is 30.3 Å². The molecule has 1 saturated heterocycles. The summed E-state index contributed by atoms with van der Waals surface area (Å²) in [5, 5.41) is 14.3. The van der Waals surface area contributed by atoms with E-state index in [-0.39, 0.29) is 51.2 Å². The maximum atomic E-state index is 14.1. The Labute approximate surface area is 253 Å². The van der Waals surface area contributed by atoms with Crippen LogP contribution in [0.5, 0.6) is 11.5 Å². The number of unbranched alkanes of at least 4 members (excludes halogenated alkanes) is 1. The molecule has 2 aliphatic rings. The molecule has 1 amide bonds. The highest BCUT2D eigenvalue weighted by atomic mass is 32.2. The fourth-order valence-corrected chi connectivity index (χ4v) is 6.76. The summed E-state index contributed by atoms with van der Waals surface area (Å²) in [5.74, 6) is 0.804. The van der Waals surface area contributed by atoms with Crippen molar-refractivity contribution >= 4 is 16.1 Å². The smallest absolute Gasteiger partial charge is 0.407 e. The van der Waals surface area contributed by atoms with Crippen molar-refractivity contribution in [3.05, 3.63) is 54.1 Å². The SMILES string of the molecule is CC(C)(CCCCN)CN(C[C@@H](O)[C@@H](Cc1ccccc1)NC(=O)OC1COCOC1)S(=O)(=O)c1ccc2c(c1)OCO2. The Hall–Kier alpha value is -2.94. The summed E-state index contributed by atoms with van der Waals surface area (Å²) in [7, 11) is -4.10. The molecule has 1 fully saturated rings. The highest BCUT2D eigenvalue weighted by Gasteiger charge is 2.36. The maximum absolute atomic E-state index is 14.1. The number of rotatable bonds is 15. The Kier molecular flexibility index (Phi) is 11.6. The molecular formula is C30H43N3O9S. The molecule has 0 unspecified atom stereocenters. The number of aliphatic hydroxyl groups is 1. The van der Waals surface area contributed by atoms with E-state index in [9.17, 15) is 18.3 Å². The number of carbonyl (C=O) groups excluding carboxylic acids is 1. The molecule has 0 bridgehead atoms. The van der Waals surface area contributed by atoms with Crippen LogP contribution in [0.4, 0.5) is 4.79 Å². The number of nitrogens with one attached hydrogen (secondary N) is 1. The van der Waals surface area contributed by atoms with E-state index in [1.807, 2.05) is 44.2 Å². The number of carbonyl (C=O) groups is 1. The molecule has 238 valence electrons. The van der Waals surface area contributed by atoms with Gasteiger partial charge in [-0.25, -0.2) is 13.2 Å². The van der Waals surface area contributed by atoms with Gasteiger partial charge in [-0.05, 0) is 48.9 Å². The van der Waals surface area contributed by atoms with Crippen LogP contribution in [0.1, 0.15) is 38.7 Å². The summed E-state index contributed by atoms with van der Waals surface area (Å²) in [5.41, 5.74) is 6.11. The van der Waals surface area contributed by atoms with Gasteiger partial charge in [-0.2, -0.15) is 4.31 Å². The van der Waals surface area contributed by atoms with Gasteiger partial charge in [-0.15, -0.1) is 0 Å². The van der Waals surface area contributed by atoms with Crippen LogP contribution in [-0.2, 0) is 30.7 Å². The van der Waals surface area contributed by atoms with Crippen LogP contribution in [0, 0.1) is 5.41 Å². The van der Waals surface area contributed by atoms with Gasteiger partial charge >= 0.3 is 6.09 Å². The zero-order valence-corrected chi connectivity index (χ0v) is 25.6. The summed E-state index contributed by atoms with van der Waals surface area (Å²) in [6.45, 7) is 4.92. The van der Waals surface area contributed by atoms with Gasteiger partial charge in [-0.1, -0.05) is 50.6 Å². The molecule has 13 heteroatoms. The van der Waals surface area contributed by atoms with Crippen molar-refractivity contribution in [2.24, 2.45) is 11.1 Å². The molecule has 2 aromatic carbocycles. The molecule has 0 aromatic heterocycles. The highest BCUT2D eigenvalue weighted by Crippen LogP contribution is 2.36. The summed E-state index contributed by atoms with van der Waals surface area (Å²) in [6.07, 6.45) is -0.00264. The van der Waals surface area contributed by atoms with Crippen LogP contribution >= 0.6 is 0 Å². The molecule has 0 aliphatic carbocycles. The van der Waals surface area contributed by atoms with Crippen LogP contribution in [-0.4, -0.2) is 88.6 Å². The van der Waals surface area contributed by atoms with Gasteiger partial charge in [-0.3, -0.25) is 0 Å². The van der Waals surface area contributed by atoms with Crippen molar-refractivity contribution in [3.63, 3.8) is 0 Å². The summed E-state index contributed by atoms with van der Waals surface area (Å²) in [4.78, 5) is 12.9. The average Bonchev–Trinajstić information content (AvgIpc) is 3.46. The lowest BCUT2D eigenvalue weighted by Gasteiger charge is -2.35. The number of nitrogens with two attached hydrogens (primary N) is 1. The Morgan fingerprint density at radius 3 is 2.53 bits per heavy atom. The minimum atomic E-state index is -4.10. The monoisotopic (exact) mass is 621 g/mol. The van der Waals surface area contributed by atoms with Crippen molar-refractivity contribution in [1.82, 2.24) is 9.62 Å². The van der Waals surface area contributed by atoms with Crippen molar-refractivity contribution in [1.29, 1.82) is 0 Å². The van der Waals surface area contributed by atoms with Gasteiger partial charge in [0.25, 0.3) is 0 Å². The van der Waals surface area contributed by atoms with Crippen molar-refractivity contribution in [3.8, 4) is 11.5 Å². The van der Waals surface area contributed by atoms with E-state index in [1.54, 1.807) is 6.07 Å². The first kappa shape index (κ1) is 33.0.